The molecule has 3 heteroatoms. The first-order valence-corrected chi connectivity index (χ1v) is 5.91. The van der Waals surface area contributed by atoms with Crippen molar-refractivity contribution in [1.29, 1.82) is 0 Å². The highest BCUT2D eigenvalue weighted by molar-refractivity contribution is 5.87. The van der Waals surface area contributed by atoms with Crippen LogP contribution in [0.5, 0.6) is 0 Å². The Kier molecular flexibility index (Phi) is 2.31. The van der Waals surface area contributed by atoms with Crippen LogP contribution in [0.2, 0.25) is 0 Å². The zero-order chi connectivity index (χ0) is 11.0. The molecule has 0 bridgehead atoms. The number of aromatic nitrogens is 1. The third-order valence-electron chi connectivity index (χ3n) is 3.15. The summed E-state index contributed by atoms with van der Waals surface area (Å²) in [5, 5.41) is 4.55. The van der Waals surface area contributed by atoms with Crippen molar-refractivity contribution in [2.24, 2.45) is 5.92 Å². The molecule has 0 aliphatic heterocycles. The van der Waals surface area contributed by atoms with Gasteiger partial charge in [-0.2, -0.15) is 0 Å². The van der Waals surface area contributed by atoms with Crippen LogP contribution in [0, 0.1) is 5.92 Å². The summed E-state index contributed by atoms with van der Waals surface area (Å²) in [5.74, 6) is 1.88. The van der Waals surface area contributed by atoms with E-state index in [1.54, 1.807) is 12.5 Å². The molecule has 0 radical (unpaired) electrons. The molecule has 2 aromatic rings. The second-order valence-electron chi connectivity index (χ2n) is 4.72. The molecule has 16 heavy (non-hydrogen) atoms. The van der Waals surface area contributed by atoms with Gasteiger partial charge in [-0.1, -0.05) is 12.8 Å². The number of anilines is 1. The van der Waals surface area contributed by atoms with Crippen LogP contribution >= 0.6 is 0 Å². The van der Waals surface area contributed by atoms with Gasteiger partial charge < -0.3 is 9.73 Å². The lowest BCUT2D eigenvalue weighted by Crippen LogP contribution is -2.16. The summed E-state index contributed by atoms with van der Waals surface area (Å²) in [4.78, 5) is 4.38. The number of furan rings is 1. The van der Waals surface area contributed by atoms with Gasteiger partial charge >= 0.3 is 0 Å². The Labute approximate surface area is 94.9 Å². The van der Waals surface area contributed by atoms with Crippen LogP contribution in [-0.2, 0) is 0 Å². The van der Waals surface area contributed by atoms with Crippen molar-refractivity contribution in [3.8, 4) is 0 Å². The number of rotatable bonds is 4. The molecule has 1 fully saturated rings. The van der Waals surface area contributed by atoms with E-state index >= 15 is 0 Å². The van der Waals surface area contributed by atoms with Crippen molar-refractivity contribution in [3.05, 3.63) is 24.6 Å². The average Bonchev–Trinajstić information content (AvgIpc) is 2.94. The quantitative estimate of drug-likeness (QED) is 0.850. The van der Waals surface area contributed by atoms with Gasteiger partial charge in [0.2, 0.25) is 0 Å². The smallest absolute Gasteiger partial charge is 0.139 e. The van der Waals surface area contributed by atoms with E-state index in [1.807, 2.05) is 12.1 Å². The normalized spacial score (nSPS) is 17.6. The van der Waals surface area contributed by atoms with Crippen molar-refractivity contribution in [3.63, 3.8) is 0 Å². The van der Waals surface area contributed by atoms with E-state index in [4.69, 9.17) is 4.42 Å². The van der Waals surface area contributed by atoms with Crippen LogP contribution < -0.4 is 5.32 Å². The van der Waals surface area contributed by atoms with Crippen molar-refractivity contribution >= 4 is 16.8 Å². The highest BCUT2D eigenvalue weighted by Crippen LogP contribution is 2.34. The monoisotopic (exact) mass is 216 g/mol. The number of hydrogen-bond donors (Lipinski definition) is 1. The zero-order valence-corrected chi connectivity index (χ0v) is 9.44. The van der Waals surface area contributed by atoms with Crippen molar-refractivity contribution in [2.45, 2.75) is 32.2 Å². The molecule has 1 unspecified atom stereocenters. The minimum Gasteiger partial charge on any atom is -0.464 e. The first-order valence-electron chi connectivity index (χ1n) is 5.91. The summed E-state index contributed by atoms with van der Waals surface area (Å²) < 4.78 is 5.35. The molecule has 3 nitrogen and oxygen atoms in total. The van der Waals surface area contributed by atoms with Gasteiger partial charge in [-0.05, 0) is 31.4 Å². The molecule has 2 heterocycles. The number of fused-ring (bicyclic) bond motifs is 1. The van der Waals surface area contributed by atoms with Crippen LogP contribution in [0.4, 0.5) is 5.82 Å². The van der Waals surface area contributed by atoms with Gasteiger partial charge in [-0.3, -0.25) is 0 Å². The third-order valence-corrected chi connectivity index (χ3v) is 3.15. The lowest BCUT2D eigenvalue weighted by atomic mass is 10.1. The number of hydrogen-bond acceptors (Lipinski definition) is 3. The number of nitrogens with one attached hydrogen (secondary N) is 1. The topological polar surface area (TPSA) is 38.1 Å². The van der Waals surface area contributed by atoms with Gasteiger partial charge in [-0.25, -0.2) is 4.98 Å². The highest BCUT2D eigenvalue weighted by Gasteiger charge is 2.23. The summed E-state index contributed by atoms with van der Waals surface area (Å²) in [6.07, 6.45) is 7.54. The molecule has 1 aliphatic rings. The van der Waals surface area contributed by atoms with Gasteiger partial charge in [0.1, 0.15) is 11.4 Å². The maximum atomic E-state index is 5.35. The summed E-state index contributed by atoms with van der Waals surface area (Å²) in [5.41, 5.74) is 0.899. The van der Waals surface area contributed by atoms with Crippen molar-refractivity contribution < 1.29 is 4.42 Å². The Bertz CT molecular complexity index is 487. The van der Waals surface area contributed by atoms with Gasteiger partial charge in [0.05, 0.1) is 11.6 Å². The van der Waals surface area contributed by atoms with E-state index in [0.717, 1.165) is 22.7 Å². The fraction of sp³-hybridized carbons (Fsp3) is 0.462. The fourth-order valence-electron chi connectivity index (χ4n) is 2.16. The standard InChI is InChI=1S/C13H16N2O/c1-9(8-10-2-3-10)15-13-11-5-7-16-12(11)4-6-14-13/h4-7,9-10H,2-3,8H2,1H3,(H,14,15). The van der Waals surface area contributed by atoms with Crippen LogP contribution in [0.15, 0.2) is 29.0 Å². The Balaban J connectivity index is 1.79. The summed E-state index contributed by atoms with van der Waals surface area (Å²) in [7, 11) is 0. The van der Waals surface area contributed by atoms with Crippen molar-refractivity contribution in [2.75, 3.05) is 5.32 Å². The van der Waals surface area contributed by atoms with Crippen molar-refractivity contribution in [1.82, 2.24) is 4.98 Å². The molecule has 1 atom stereocenters. The van der Waals surface area contributed by atoms with Crippen LogP contribution in [0.3, 0.4) is 0 Å². The molecule has 3 rings (SSSR count). The molecule has 0 aromatic carbocycles. The molecule has 1 aliphatic carbocycles. The number of pyridine rings is 1. The van der Waals surface area contributed by atoms with E-state index in [9.17, 15) is 0 Å². The third kappa shape index (κ3) is 1.90. The van der Waals surface area contributed by atoms with Gasteiger partial charge in [-0.15, -0.1) is 0 Å². The van der Waals surface area contributed by atoms with Crippen LogP contribution in [0.25, 0.3) is 11.0 Å². The maximum absolute atomic E-state index is 5.35. The predicted molar refractivity (Wildman–Crippen MR) is 64.4 cm³/mol. The minimum atomic E-state index is 0.487. The van der Waals surface area contributed by atoms with Gasteiger partial charge in [0, 0.05) is 12.2 Å². The van der Waals surface area contributed by atoms with E-state index < -0.39 is 0 Å². The molecular weight excluding hydrogens is 200 g/mol. The molecule has 1 N–H and O–H groups in total. The minimum absolute atomic E-state index is 0.487. The largest absolute Gasteiger partial charge is 0.464 e. The average molecular weight is 216 g/mol. The molecule has 0 amide bonds. The first kappa shape index (κ1) is 9.70. The summed E-state index contributed by atoms with van der Waals surface area (Å²) in [6, 6.07) is 4.35. The van der Waals surface area contributed by atoms with E-state index in [-0.39, 0.29) is 0 Å². The highest BCUT2D eigenvalue weighted by atomic mass is 16.3. The molecule has 0 spiro atoms. The Morgan fingerprint density at radius 3 is 3.19 bits per heavy atom. The summed E-state index contributed by atoms with van der Waals surface area (Å²) in [6.45, 7) is 2.22. The summed E-state index contributed by atoms with van der Waals surface area (Å²) >= 11 is 0. The first-order chi connectivity index (χ1) is 7.83. The van der Waals surface area contributed by atoms with E-state index in [1.165, 1.54) is 19.3 Å². The Morgan fingerprint density at radius 2 is 2.38 bits per heavy atom. The SMILES string of the molecule is CC(CC1CC1)Nc1nccc2occc12. The molecule has 0 saturated heterocycles. The lowest BCUT2D eigenvalue weighted by Gasteiger charge is -2.14. The van der Waals surface area contributed by atoms with Gasteiger partial charge in [0.15, 0.2) is 0 Å². The van der Waals surface area contributed by atoms with Gasteiger partial charge in [0.25, 0.3) is 0 Å². The van der Waals surface area contributed by atoms with Crippen LogP contribution in [-0.4, -0.2) is 11.0 Å². The predicted octanol–water partition coefficient (Wildman–Crippen LogP) is 3.43. The molecule has 2 aromatic heterocycles. The Hall–Kier alpha value is -1.51. The molecule has 1 saturated carbocycles. The second kappa shape index (κ2) is 3.81. The fourth-order valence-corrected chi connectivity index (χ4v) is 2.16. The number of nitrogens with zero attached hydrogens (tertiary/aromatic N) is 1. The maximum Gasteiger partial charge on any atom is 0.139 e. The second-order valence-corrected chi connectivity index (χ2v) is 4.72. The Morgan fingerprint density at radius 1 is 1.50 bits per heavy atom. The van der Waals surface area contributed by atoms with E-state index in [2.05, 4.69) is 17.2 Å². The van der Waals surface area contributed by atoms with Crippen LogP contribution in [0.1, 0.15) is 26.2 Å². The zero-order valence-electron chi connectivity index (χ0n) is 9.44. The molecular formula is C13H16N2O. The van der Waals surface area contributed by atoms with E-state index in [0.29, 0.717) is 6.04 Å². The lowest BCUT2D eigenvalue weighted by molar-refractivity contribution is 0.615. The molecule has 84 valence electrons.